The van der Waals surface area contributed by atoms with Crippen molar-refractivity contribution >= 4 is 11.7 Å². The van der Waals surface area contributed by atoms with Gasteiger partial charge in [0.25, 0.3) is 0 Å². The summed E-state index contributed by atoms with van der Waals surface area (Å²) in [5.41, 5.74) is 14.1. The SMILES string of the molecule is C1=CN=C(c2ccc(-c3ccc4c(c3)-c3cc(-c5ccc(C6=NC=CCN6)cc5)ccc3C4(c3ccccc3)c3ccccc3)cc2)NC1. The topological polar surface area (TPSA) is 48.8 Å². The van der Waals surface area contributed by atoms with E-state index >= 15 is 0 Å². The van der Waals surface area contributed by atoms with Gasteiger partial charge in [-0.15, -0.1) is 0 Å². The van der Waals surface area contributed by atoms with Gasteiger partial charge in [-0.05, 0) is 79.9 Å². The van der Waals surface area contributed by atoms with Gasteiger partial charge in [-0.2, -0.15) is 0 Å². The molecule has 4 nitrogen and oxygen atoms in total. The Morgan fingerprint density at radius 3 is 1.18 bits per heavy atom. The average molecular weight is 631 g/mol. The molecule has 49 heavy (non-hydrogen) atoms. The summed E-state index contributed by atoms with van der Waals surface area (Å²) in [5, 5.41) is 6.74. The lowest BCUT2D eigenvalue weighted by atomic mass is 9.67. The lowest BCUT2D eigenvalue weighted by molar-refractivity contribution is 0.768. The van der Waals surface area contributed by atoms with E-state index in [4.69, 9.17) is 0 Å². The molecule has 0 radical (unpaired) electrons. The number of amidine groups is 2. The van der Waals surface area contributed by atoms with E-state index < -0.39 is 5.41 Å². The van der Waals surface area contributed by atoms with Crippen LogP contribution in [0.5, 0.6) is 0 Å². The maximum atomic E-state index is 4.52. The van der Waals surface area contributed by atoms with E-state index in [1.165, 1.54) is 55.6 Å². The first-order valence-electron chi connectivity index (χ1n) is 16.8. The van der Waals surface area contributed by atoms with Gasteiger partial charge in [0, 0.05) is 36.6 Å². The molecule has 0 amide bonds. The number of hydrogen-bond acceptors (Lipinski definition) is 4. The standard InChI is InChI=1S/C45H34N4/c1-3-9-37(10-4-1)45(38-11-5-2-6-12-38)41-23-21-35(31-13-17-33(18-14-31)43-46-25-7-26-47-43)29-39(41)40-30-36(22-24-42(40)45)32-15-19-34(20-16-32)44-48-27-8-28-49-44/h1-25,27,29-30H,26,28H2,(H,46,47)(H,48,49). The van der Waals surface area contributed by atoms with Crippen LogP contribution in [0.1, 0.15) is 33.4 Å². The van der Waals surface area contributed by atoms with Gasteiger partial charge in [-0.3, -0.25) is 0 Å². The minimum atomic E-state index is -0.450. The highest BCUT2D eigenvalue weighted by Crippen LogP contribution is 2.57. The zero-order valence-electron chi connectivity index (χ0n) is 27.0. The molecule has 1 aliphatic carbocycles. The van der Waals surface area contributed by atoms with E-state index in [9.17, 15) is 0 Å². The summed E-state index contributed by atoms with van der Waals surface area (Å²) in [5.74, 6) is 1.82. The Hall–Kier alpha value is -6.26. The molecule has 2 N–H and O–H groups in total. The van der Waals surface area contributed by atoms with E-state index in [1.807, 2.05) is 24.6 Å². The van der Waals surface area contributed by atoms with Crippen LogP contribution in [0, 0.1) is 0 Å². The van der Waals surface area contributed by atoms with E-state index in [0.717, 1.165) is 35.9 Å². The van der Waals surface area contributed by atoms with Crippen molar-refractivity contribution in [2.45, 2.75) is 5.41 Å². The van der Waals surface area contributed by atoms with Crippen molar-refractivity contribution in [3.05, 3.63) is 204 Å². The molecule has 6 aromatic rings. The monoisotopic (exact) mass is 630 g/mol. The zero-order valence-corrected chi connectivity index (χ0v) is 27.0. The van der Waals surface area contributed by atoms with Crippen LogP contribution in [0.2, 0.25) is 0 Å². The minimum Gasteiger partial charge on any atom is -0.366 e. The number of nitrogens with one attached hydrogen (secondary N) is 2. The van der Waals surface area contributed by atoms with Crippen molar-refractivity contribution in [1.82, 2.24) is 10.6 Å². The third-order valence-electron chi connectivity index (χ3n) is 9.93. The van der Waals surface area contributed by atoms with Gasteiger partial charge >= 0.3 is 0 Å². The largest absolute Gasteiger partial charge is 0.366 e. The number of benzene rings is 6. The first kappa shape index (κ1) is 28.9. The molecule has 234 valence electrons. The molecular formula is C45H34N4. The summed E-state index contributed by atoms with van der Waals surface area (Å²) >= 11 is 0. The second-order valence-electron chi connectivity index (χ2n) is 12.6. The second kappa shape index (κ2) is 12.1. The van der Waals surface area contributed by atoms with Crippen molar-refractivity contribution in [3.63, 3.8) is 0 Å². The van der Waals surface area contributed by atoms with Crippen LogP contribution in [0.25, 0.3) is 33.4 Å². The Bertz CT molecular complexity index is 2130. The van der Waals surface area contributed by atoms with Gasteiger partial charge in [0.15, 0.2) is 0 Å². The molecule has 4 heteroatoms. The smallest absolute Gasteiger partial charge is 0.133 e. The summed E-state index contributed by atoms with van der Waals surface area (Å²) in [6, 6.07) is 53.5. The molecule has 0 fully saturated rings. The molecule has 0 bridgehead atoms. The predicted octanol–water partition coefficient (Wildman–Crippen LogP) is 9.11. The van der Waals surface area contributed by atoms with Crippen LogP contribution < -0.4 is 10.6 Å². The zero-order chi connectivity index (χ0) is 32.6. The molecule has 2 heterocycles. The number of fused-ring (bicyclic) bond motifs is 3. The van der Waals surface area contributed by atoms with Crippen molar-refractivity contribution in [2.24, 2.45) is 9.98 Å². The van der Waals surface area contributed by atoms with Crippen molar-refractivity contribution in [1.29, 1.82) is 0 Å². The molecule has 0 saturated heterocycles. The Balaban J connectivity index is 1.21. The van der Waals surface area contributed by atoms with E-state index in [2.05, 4.69) is 166 Å². The van der Waals surface area contributed by atoms with Crippen LogP contribution in [-0.2, 0) is 5.41 Å². The molecule has 0 atom stereocenters. The molecular weight excluding hydrogens is 597 g/mol. The first-order chi connectivity index (χ1) is 24.3. The number of aliphatic imine (C=N–C) groups is 2. The van der Waals surface area contributed by atoms with Gasteiger partial charge < -0.3 is 10.6 Å². The van der Waals surface area contributed by atoms with Crippen molar-refractivity contribution < 1.29 is 0 Å². The van der Waals surface area contributed by atoms with E-state index in [1.54, 1.807) is 0 Å². The fraction of sp³-hybridized carbons (Fsp3) is 0.0667. The van der Waals surface area contributed by atoms with Gasteiger partial charge in [-0.1, -0.05) is 133 Å². The Morgan fingerprint density at radius 2 is 0.796 bits per heavy atom. The van der Waals surface area contributed by atoms with Crippen molar-refractivity contribution in [3.8, 4) is 33.4 Å². The second-order valence-corrected chi connectivity index (χ2v) is 12.6. The van der Waals surface area contributed by atoms with Gasteiger partial charge in [-0.25, -0.2) is 9.98 Å². The van der Waals surface area contributed by atoms with Crippen LogP contribution in [0.4, 0.5) is 0 Å². The quantitative estimate of drug-likeness (QED) is 0.193. The van der Waals surface area contributed by atoms with Crippen LogP contribution in [0.3, 0.4) is 0 Å². The Kier molecular flexibility index (Phi) is 7.13. The molecule has 0 saturated carbocycles. The molecule has 9 rings (SSSR count). The Morgan fingerprint density at radius 1 is 0.408 bits per heavy atom. The molecule has 0 aromatic heterocycles. The fourth-order valence-electron chi connectivity index (χ4n) is 7.61. The normalized spacial score (nSPS) is 15.3. The van der Waals surface area contributed by atoms with Gasteiger partial charge in [0.1, 0.15) is 11.7 Å². The molecule has 2 aliphatic heterocycles. The van der Waals surface area contributed by atoms with Crippen LogP contribution in [0.15, 0.2) is 180 Å². The highest BCUT2D eigenvalue weighted by molar-refractivity contribution is 6.01. The number of nitrogens with zero attached hydrogens (tertiary/aromatic N) is 2. The summed E-state index contributed by atoms with van der Waals surface area (Å²) in [4.78, 5) is 9.05. The Labute approximate surface area is 286 Å². The highest BCUT2D eigenvalue weighted by Gasteiger charge is 2.46. The predicted molar refractivity (Wildman–Crippen MR) is 202 cm³/mol. The number of hydrogen-bond donors (Lipinski definition) is 2. The van der Waals surface area contributed by atoms with Gasteiger partial charge in [0.05, 0.1) is 5.41 Å². The van der Waals surface area contributed by atoms with E-state index in [0.29, 0.717) is 0 Å². The fourth-order valence-corrected chi connectivity index (χ4v) is 7.61. The molecule has 3 aliphatic rings. The first-order valence-corrected chi connectivity index (χ1v) is 16.8. The third-order valence-corrected chi connectivity index (χ3v) is 9.93. The van der Waals surface area contributed by atoms with Gasteiger partial charge in [0.2, 0.25) is 0 Å². The summed E-state index contributed by atoms with van der Waals surface area (Å²) in [6.07, 6.45) is 7.78. The molecule has 6 aromatic carbocycles. The maximum Gasteiger partial charge on any atom is 0.133 e. The summed E-state index contributed by atoms with van der Waals surface area (Å²) < 4.78 is 0. The maximum absolute atomic E-state index is 4.52. The highest BCUT2D eigenvalue weighted by atomic mass is 15.0. The number of rotatable bonds is 6. The van der Waals surface area contributed by atoms with E-state index in [-0.39, 0.29) is 0 Å². The third kappa shape index (κ3) is 4.92. The van der Waals surface area contributed by atoms with Crippen LogP contribution in [-0.4, -0.2) is 24.8 Å². The summed E-state index contributed by atoms with van der Waals surface area (Å²) in [7, 11) is 0. The molecule has 0 unspecified atom stereocenters. The molecule has 0 spiro atoms. The lowest BCUT2D eigenvalue weighted by Crippen LogP contribution is -2.28. The lowest BCUT2D eigenvalue weighted by Gasteiger charge is -2.34. The summed E-state index contributed by atoms with van der Waals surface area (Å²) in [6.45, 7) is 1.59. The average Bonchev–Trinajstić information content (AvgIpc) is 3.49. The van der Waals surface area contributed by atoms with Crippen LogP contribution >= 0.6 is 0 Å². The minimum absolute atomic E-state index is 0.450. The van der Waals surface area contributed by atoms with Crippen molar-refractivity contribution in [2.75, 3.05) is 13.1 Å².